The molecular formula is C15H24ClIOSi. The third-order valence-corrected chi connectivity index (χ3v) is 12.4. The van der Waals surface area contributed by atoms with Crippen LogP contribution in [0.25, 0.3) is 0 Å². The molecule has 0 N–H and O–H groups in total. The monoisotopic (exact) mass is 410 g/mol. The predicted octanol–water partition coefficient (Wildman–Crippen LogP) is 6.16. The summed E-state index contributed by atoms with van der Waals surface area (Å²) < 4.78 is 7.10. The number of alkyl halides is 1. The van der Waals surface area contributed by atoms with Gasteiger partial charge in [-0.2, -0.15) is 0 Å². The van der Waals surface area contributed by atoms with Gasteiger partial charge in [-0.25, -0.2) is 0 Å². The van der Waals surface area contributed by atoms with Crippen LogP contribution in [0.5, 0.6) is 5.75 Å². The molecule has 1 rings (SSSR count). The van der Waals surface area contributed by atoms with Crippen LogP contribution in [0, 0.1) is 6.92 Å². The van der Waals surface area contributed by atoms with Crippen LogP contribution < -0.4 is 4.43 Å². The van der Waals surface area contributed by atoms with E-state index in [0.29, 0.717) is 14.6 Å². The predicted molar refractivity (Wildman–Crippen MR) is 96.2 cm³/mol. The molecule has 0 saturated heterocycles. The lowest BCUT2D eigenvalue weighted by Crippen LogP contribution is -2.55. The van der Waals surface area contributed by atoms with Crippen molar-refractivity contribution in [3.8, 4) is 5.75 Å². The quantitative estimate of drug-likeness (QED) is 0.321. The normalized spacial score (nSPS) is 14.0. The number of hydrogen-bond donors (Lipinski definition) is 0. The molecule has 19 heavy (non-hydrogen) atoms. The van der Waals surface area contributed by atoms with Crippen LogP contribution in [0.1, 0.15) is 40.2 Å². The largest absolute Gasteiger partial charge is 0.541 e. The molecule has 0 aromatic heterocycles. The first-order chi connectivity index (χ1) is 8.71. The van der Waals surface area contributed by atoms with Crippen LogP contribution in [-0.4, -0.2) is 11.9 Å². The summed E-state index contributed by atoms with van der Waals surface area (Å²) in [6.07, 6.45) is 0. The summed E-state index contributed by atoms with van der Waals surface area (Å²) in [4.78, 5) is 0. The number of rotatable bonds is 5. The second-order valence-corrected chi connectivity index (χ2v) is 14.4. The molecule has 1 aromatic rings. The Hall–Kier alpha value is 0.257. The summed E-state index contributed by atoms with van der Waals surface area (Å²) in [5.74, 6) is 0.852. The van der Waals surface area contributed by atoms with Gasteiger partial charge in [0.15, 0.2) is 0 Å². The average molecular weight is 411 g/mol. The van der Waals surface area contributed by atoms with E-state index in [1.807, 2.05) is 19.1 Å². The molecule has 4 heteroatoms. The molecule has 0 bridgehead atoms. The second kappa shape index (κ2) is 6.81. The van der Waals surface area contributed by atoms with E-state index in [4.69, 9.17) is 16.0 Å². The van der Waals surface area contributed by atoms with Crippen molar-refractivity contribution in [3.05, 3.63) is 28.8 Å². The fourth-order valence-corrected chi connectivity index (χ4v) is 12.2. The Morgan fingerprint density at radius 1 is 1.11 bits per heavy atom. The molecule has 0 aliphatic carbocycles. The van der Waals surface area contributed by atoms with E-state index in [9.17, 15) is 0 Å². The van der Waals surface area contributed by atoms with Gasteiger partial charge in [0.1, 0.15) is 5.75 Å². The van der Waals surface area contributed by atoms with Gasteiger partial charge in [0.05, 0.1) is 5.02 Å². The van der Waals surface area contributed by atoms with Crippen molar-refractivity contribution in [3.63, 3.8) is 0 Å². The topological polar surface area (TPSA) is 9.23 Å². The van der Waals surface area contributed by atoms with Crippen molar-refractivity contribution in [1.82, 2.24) is 0 Å². The van der Waals surface area contributed by atoms with Crippen molar-refractivity contribution < 1.29 is 4.43 Å². The van der Waals surface area contributed by atoms with Gasteiger partial charge in [0, 0.05) is 3.55 Å². The number of benzene rings is 1. The van der Waals surface area contributed by atoms with Gasteiger partial charge in [0.2, 0.25) is 0 Å². The minimum atomic E-state index is -1.91. The molecule has 0 spiro atoms. The Balaban J connectivity index is 3.21. The molecular weight excluding hydrogens is 387 g/mol. The van der Waals surface area contributed by atoms with Gasteiger partial charge >= 0.3 is 0 Å². The minimum Gasteiger partial charge on any atom is -0.541 e. The molecule has 0 saturated carbocycles. The van der Waals surface area contributed by atoms with Crippen LogP contribution in [0.15, 0.2) is 18.2 Å². The zero-order chi connectivity index (χ0) is 14.8. The van der Waals surface area contributed by atoms with Gasteiger partial charge in [0.25, 0.3) is 8.32 Å². The molecule has 0 amide bonds. The maximum absolute atomic E-state index is 6.57. The van der Waals surface area contributed by atoms with Gasteiger partial charge in [-0.15, -0.1) is 0 Å². The first-order valence-corrected chi connectivity index (χ1v) is 10.6. The SMILES string of the molecule is Cc1ccc(O[Si](C(C)C)(C(C)C)C(C)I)c(Cl)c1. The number of hydrogen-bond acceptors (Lipinski definition) is 1. The summed E-state index contributed by atoms with van der Waals surface area (Å²) >= 11 is 8.87. The maximum Gasteiger partial charge on any atom is 0.268 e. The fraction of sp³-hybridized carbons (Fsp3) is 0.600. The van der Waals surface area contributed by atoms with Crippen LogP contribution in [-0.2, 0) is 0 Å². The van der Waals surface area contributed by atoms with E-state index >= 15 is 0 Å². The van der Waals surface area contributed by atoms with Crippen molar-refractivity contribution in [2.45, 2.75) is 56.2 Å². The van der Waals surface area contributed by atoms with Gasteiger partial charge in [-0.3, -0.25) is 0 Å². The van der Waals surface area contributed by atoms with E-state index in [0.717, 1.165) is 10.8 Å². The summed E-state index contributed by atoms with van der Waals surface area (Å²) in [6, 6.07) is 6.07. The highest BCUT2D eigenvalue weighted by Crippen LogP contribution is 2.41. The number of halogens is 2. The summed E-state index contributed by atoms with van der Waals surface area (Å²) in [6.45, 7) is 13.4. The van der Waals surface area contributed by atoms with Crippen molar-refractivity contribution in [2.75, 3.05) is 0 Å². The van der Waals surface area contributed by atoms with Gasteiger partial charge in [-0.1, -0.05) is 74.9 Å². The third kappa shape index (κ3) is 3.67. The molecule has 0 heterocycles. The first kappa shape index (κ1) is 17.3. The Bertz CT molecular complexity index is 410. The molecule has 0 aliphatic heterocycles. The molecule has 1 atom stereocenters. The Kier molecular flexibility index (Phi) is 6.20. The molecule has 1 unspecified atom stereocenters. The summed E-state index contributed by atoms with van der Waals surface area (Å²) in [5.41, 5.74) is 2.27. The highest BCUT2D eigenvalue weighted by atomic mass is 127. The second-order valence-electron chi connectivity index (χ2n) is 5.81. The van der Waals surface area contributed by atoms with E-state index in [1.165, 1.54) is 5.56 Å². The van der Waals surface area contributed by atoms with Crippen LogP contribution in [0.4, 0.5) is 0 Å². The van der Waals surface area contributed by atoms with E-state index in [1.54, 1.807) is 0 Å². The fourth-order valence-electron chi connectivity index (χ4n) is 2.78. The zero-order valence-electron chi connectivity index (χ0n) is 12.6. The Labute approximate surface area is 137 Å². The van der Waals surface area contributed by atoms with Gasteiger partial charge < -0.3 is 4.43 Å². The lowest BCUT2D eigenvalue weighted by molar-refractivity contribution is 0.496. The average Bonchev–Trinajstić information content (AvgIpc) is 2.26. The van der Waals surface area contributed by atoms with Crippen LogP contribution in [0.3, 0.4) is 0 Å². The lowest BCUT2D eigenvalue weighted by Gasteiger charge is -2.41. The molecule has 1 aromatic carbocycles. The van der Waals surface area contributed by atoms with Crippen molar-refractivity contribution in [1.29, 1.82) is 0 Å². The van der Waals surface area contributed by atoms with Crippen molar-refractivity contribution >= 4 is 42.5 Å². The molecule has 1 nitrogen and oxygen atoms in total. The van der Waals surface area contributed by atoms with Crippen LogP contribution >= 0.6 is 34.2 Å². The molecule has 108 valence electrons. The van der Waals surface area contributed by atoms with Crippen molar-refractivity contribution in [2.24, 2.45) is 0 Å². The highest BCUT2D eigenvalue weighted by molar-refractivity contribution is 14.1. The number of aryl methyl sites for hydroxylation is 1. The summed E-state index contributed by atoms with van der Waals surface area (Å²) in [7, 11) is -1.91. The minimum absolute atomic E-state index is 0.530. The van der Waals surface area contributed by atoms with E-state index in [2.05, 4.69) is 63.3 Å². The molecule has 0 fully saturated rings. The van der Waals surface area contributed by atoms with Gasteiger partial charge in [-0.05, 0) is 35.7 Å². The third-order valence-electron chi connectivity index (χ3n) is 3.80. The molecule has 0 aliphatic rings. The lowest BCUT2D eigenvalue weighted by atomic mass is 10.2. The molecule has 0 radical (unpaired) electrons. The van der Waals surface area contributed by atoms with E-state index in [-0.39, 0.29) is 0 Å². The van der Waals surface area contributed by atoms with E-state index < -0.39 is 8.32 Å². The zero-order valence-corrected chi connectivity index (χ0v) is 16.5. The smallest absolute Gasteiger partial charge is 0.268 e. The standard InChI is InChI=1S/C15H24ClIOSi/c1-10(2)19(11(3)4,13(6)17)18-15-8-7-12(5)9-14(15)16/h7-11,13H,1-6H3. The maximum atomic E-state index is 6.57. The Morgan fingerprint density at radius 2 is 1.63 bits per heavy atom. The first-order valence-electron chi connectivity index (χ1n) is 6.81. The highest BCUT2D eigenvalue weighted by Gasteiger charge is 2.48. The Morgan fingerprint density at radius 3 is 2.00 bits per heavy atom. The van der Waals surface area contributed by atoms with Crippen LogP contribution in [0.2, 0.25) is 16.1 Å². The summed E-state index contributed by atoms with van der Waals surface area (Å²) in [5, 5.41) is 0.732.